The molecule has 1 aliphatic heterocycles. The fraction of sp³-hybridized carbons (Fsp3) is 0.750. The van der Waals surface area contributed by atoms with Gasteiger partial charge in [-0.3, -0.25) is 4.79 Å². The van der Waals surface area contributed by atoms with Gasteiger partial charge in [-0.2, -0.15) is 22.0 Å². The number of nitrogens with zero attached hydrogens (tertiary/aromatic N) is 1. The minimum atomic E-state index is -5.66. The van der Waals surface area contributed by atoms with E-state index in [1.165, 1.54) is 0 Å². The second-order valence-corrected chi connectivity index (χ2v) is 3.74. The minimum Gasteiger partial charge on any atom is -0.480 e. The fourth-order valence-electron chi connectivity index (χ4n) is 1.33. The van der Waals surface area contributed by atoms with Crippen molar-refractivity contribution in [2.75, 3.05) is 13.1 Å². The summed E-state index contributed by atoms with van der Waals surface area (Å²) in [4.78, 5) is 21.5. The molecule has 1 fully saturated rings. The van der Waals surface area contributed by atoms with Gasteiger partial charge in [0.15, 0.2) is 11.8 Å². The van der Waals surface area contributed by atoms with Crippen molar-refractivity contribution < 1.29 is 36.6 Å². The zero-order valence-corrected chi connectivity index (χ0v) is 8.80. The number of aliphatic carboxylic acids is 1. The van der Waals surface area contributed by atoms with Gasteiger partial charge < -0.3 is 5.11 Å². The Hall–Kier alpha value is -1.29. The number of Topliss-reactive ketones (excluding diaryl/α,β-unsaturated/α-hetero) is 1. The third-order valence-corrected chi connectivity index (χ3v) is 2.34. The molecule has 18 heavy (non-hydrogen) atoms. The molecule has 1 aliphatic rings. The zero-order chi connectivity index (χ0) is 14.1. The quantitative estimate of drug-likeness (QED) is 0.575. The van der Waals surface area contributed by atoms with Crippen molar-refractivity contribution in [1.82, 2.24) is 10.4 Å². The Balaban J connectivity index is 2.52. The highest BCUT2D eigenvalue weighted by molar-refractivity contribution is 6.04. The van der Waals surface area contributed by atoms with Crippen LogP contribution >= 0.6 is 0 Å². The van der Waals surface area contributed by atoms with Crippen molar-refractivity contribution in [1.29, 1.82) is 0 Å². The lowest BCUT2D eigenvalue weighted by molar-refractivity contribution is -0.285. The van der Waals surface area contributed by atoms with Crippen LogP contribution in [-0.4, -0.2) is 53.1 Å². The SMILES string of the molecule is O=C(O)C1NN(CCC(F)(F)C(F)(F)F)CC1=O. The van der Waals surface area contributed by atoms with Crippen molar-refractivity contribution in [2.45, 2.75) is 24.6 Å². The van der Waals surface area contributed by atoms with Crippen LogP contribution < -0.4 is 5.43 Å². The third kappa shape index (κ3) is 3.13. The van der Waals surface area contributed by atoms with Crippen LogP contribution in [0, 0.1) is 0 Å². The maximum atomic E-state index is 12.6. The number of halogens is 5. The number of ketones is 1. The Morgan fingerprint density at radius 1 is 1.39 bits per heavy atom. The molecule has 0 aromatic carbocycles. The largest absolute Gasteiger partial charge is 0.480 e. The summed E-state index contributed by atoms with van der Waals surface area (Å²) in [6.07, 6.45) is -7.22. The molecular weight excluding hydrogens is 267 g/mol. The summed E-state index contributed by atoms with van der Waals surface area (Å²) < 4.78 is 60.6. The van der Waals surface area contributed by atoms with Crippen LogP contribution in [0.4, 0.5) is 22.0 Å². The average Bonchev–Trinajstić information content (AvgIpc) is 2.55. The molecule has 1 heterocycles. The number of nitrogens with one attached hydrogen (secondary N) is 1. The number of hydrogen-bond acceptors (Lipinski definition) is 4. The molecule has 0 spiro atoms. The van der Waals surface area contributed by atoms with Crippen molar-refractivity contribution >= 4 is 11.8 Å². The first-order chi connectivity index (χ1) is 8.04. The van der Waals surface area contributed by atoms with Gasteiger partial charge in [0.1, 0.15) is 0 Å². The van der Waals surface area contributed by atoms with E-state index in [-0.39, 0.29) is 0 Å². The summed E-state index contributed by atoms with van der Waals surface area (Å²) in [7, 11) is 0. The topological polar surface area (TPSA) is 69.6 Å². The van der Waals surface area contributed by atoms with Gasteiger partial charge in [-0.25, -0.2) is 15.2 Å². The van der Waals surface area contributed by atoms with Crippen molar-refractivity contribution in [3.8, 4) is 0 Å². The predicted octanol–water partition coefficient (Wildman–Crippen LogP) is 0.417. The van der Waals surface area contributed by atoms with E-state index in [1.807, 2.05) is 5.43 Å². The van der Waals surface area contributed by atoms with Gasteiger partial charge in [0.05, 0.1) is 6.54 Å². The Morgan fingerprint density at radius 3 is 2.33 bits per heavy atom. The van der Waals surface area contributed by atoms with Gasteiger partial charge in [0.25, 0.3) is 0 Å². The molecule has 1 atom stereocenters. The normalized spacial score (nSPS) is 22.5. The van der Waals surface area contributed by atoms with E-state index in [1.54, 1.807) is 0 Å². The predicted molar refractivity (Wildman–Crippen MR) is 46.8 cm³/mol. The van der Waals surface area contributed by atoms with Crippen LogP contribution in [0.15, 0.2) is 0 Å². The monoisotopic (exact) mass is 276 g/mol. The van der Waals surface area contributed by atoms with Crippen LogP contribution in [0.2, 0.25) is 0 Å². The molecule has 2 N–H and O–H groups in total. The van der Waals surface area contributed by atoms with Crippen LogP contribution in [0.3, 0.4) is 0 Å². The van der Waals surface area contributed by atoms with Gasteiger partial charge in [-0.1, -0.05) is 0 Å². The minimum absolute atomic E-state index is 0.523. The molecule has 5 nitrogen and oxygen atoms in total. The van der Waals surface area contributed by atoms with Crippen LogP contribution in [0.5, 0.6) is 0 Å². The average molecular weight is 276 g/mol. The standard InChI is InChI=1S/C8H9F5N2O3/c9-7(10,8(11,12)13)1-2-15-3-4(16)5(14-15)6(17)18/h5,14H,1-3H2,(H,17,18). The van der Waals surface area contributed by atoms with Crippen molar-refractivity contribution in [2.24, 2.45) is 0 Å². The van der Waals surface area contributed by atoms with Gasteiger partial charge in [0.2, 0.25) is 0 Å². The molecule has 0 bridgehead atoms. The van der Waals surface area contributed by atoms with Crippen molar-refractivity contribution in [3.63, 3.8) is 0 Å². The van der Waals surface area contributed by atoms with Crippen molar-refractivity contribution in [3.05, 3.63) is 0 Å². The number of carboxylic acids is 1. The van der Waals surface area contributed by atoms with Gasteiger partial charge in [0, 0.05) is 13.0 Å². The summed E-state index contributed by atoms with van der Waals surface area (Å²) in [6.45, 7) is -1.31. The lowest BCUT2D eigenvalue weighted by atomic mass is 10.2. The molecule has 0 saturated carbocycles. The molecule has 1 saturated heterocycles. The number of carbonyl (C=O) groups is 2. The molecule has 1 rings (SSSR count). The fourth-order valence-corrected chi connectivity index (χ4v) is 1.33. The Kier molecular flexibility index (Phi) is 3.91. The molecule has 0 aromatic rings. The Bertz CT molecular complexity index is 357. The van der Waals surface area contributed by atoms with E-state index in [4.69, 9.17) is 5.11 Å². The first-order valence-electron chi connectivity index (χ1n) is 4.76. The Labute approximate surface area is 97.5 Å². The first kappa shape index (κ1) is 14.8. The number of hydrogen-bond donors (Lipinski definition) is 2. The first-order valence-corrected chi connectivity index (χ1v) is 4.76. The highest BCUT2D eigenvalue weighted by atomic mass is 19.4. The molecule has 104 valence electrons. The molecular formula is C8H9F5N2O3. The molecule has 0 aromatic heterocycles. The van der Waals surface area contributed by atoms with E-state index in [2.05, 4.69) is 0 Å². The van der Waals surface area contributed by atoms with E-state index in [0.717, 1.165) is 5.01 Å². The number of carbonyl (C=O) groups excluding carboxylic acids is 1. The molecule has 0 radical (unpaired) electrons. The highest BCUT2D eigenvalue weighted by Crippen LogP contribution is 2.38. The zero-order valence-electron chi connectivity index (χ0n) is 8.80. The maximum Gasteiger partial charge on any atom is 0.453 e. The molecule has 0 aliphatic carbocycles. The van der Waals surface area contributed by atoms with E-state index in [9.17, 15) is 31.5 Å². The number of hydrazine groups is 1. The molecule has 10 heteroatoms. The van der Waals surface area contributed by atoms with Crippen LogP contribution in [0.1, 0.15) is 6.42 Å². The lowest BCUT2D eigenvalue weighted by Gasteiger charge is -2.22. The molecule has 0 amide bonds. The highest BCUT2D eigenvalue weighted by Gasteiger charge is 2.57. The van der Waals surface area contributed by atoms with Gasteiger partial charge in [-0.05, 0) is 0 Å². The maximum absolute atomic E-state index is 12.6. The third-order valence-electron chi connectivity index (χ3n) is 2.34. The molecule has 1 unspecified atom stereocenters. The summed E-state index contributed by atoms with van der Waals surface area (Å²) in [5.41, 5.74) is 2.05. The number of carboxylic acid groups (broad SMARTS) is 1. The van der Waals surface area contributed by atoms with E-state index >= 15 is 0 Å². The second-order valence-electron chi connectivity index (χ2n) is 3.74. The number of alkyl halides is 5. The summed E-state index contributed by atoms with van der Waals surface area (Å²) in [5.74, 6) is -7.18. The summed E-state index contributed by atoms with van der Waals surface area (Å²) in [6, 6.07) is -1.59. The summed E-state index contributed by atoms with van der Waals surface area (Å²) >= 11 is 0. The van der Waals surface area contributed by atoms with Gasteiger partial charge >= 0.3 is 18.1 Å². The number of rotatable bonds is 4. The van der Waals surface area contributed by atoms with E-state index in [0.29, 0.717) is 0 Å². The Morgan fingerprint density at radius 2 is 1.94 bits per heavy atom. The van der Waals surface area contributed by atoms with Crippen LogP contribution in [-0.2, 0) is 9.59 Å². The van der Waals surface area contributed by atoms with Gasteiger partial charge in [-0.15, -0.1) is 0 Å². The summed E-state index contributed by atoms with van der Waals surface area (Å²) in [5, 5.41) is 9.26. The smallest absolute Gasteiger partial charge is 0.453 e. The lowest BCUT2D eigenvalue weighted by Crippen LogP contribution is -2.44. The van der Waals surface area contributed by atoms with Crippen LogP contribution in [0.25, 0.3) is 0 Å². The van der Waals surface area contributed by atoms with E-state index < -0.39 is 49.4 Å². The second kappa shape index (κ2) is 4.76.